The monoisotopic (exact) mass is 334 g/mol. The molecule has 1 aromatic carbocycles. The first-order chi connectivity index (χ1) is 8.88. The standard InChI is InChI=1S/C12H7BrF4N2/c1-5-2-7(14)6(13)3-10(5)18-12-9(16)4-8(15)11(17)19-12/h2-4H,1H3,(H,18,19). The second kappa shape index (κ2) is 5.16. The van der Waals surface area contributed by atoms with Gasteiger partial charge in [0.2, 0.25) is 0 Å². The molecular weight excluding hydrogens is 328 g/mol. The molecule has 0 fully saturated rings. The van der Waals surface area contributed by atoms with Crippen LogP contribution in [0.25, 0.3) is 0 Å². The Bertz CT molecular complexity index is 591. The van der Waals surface area contributed by atoms with Crippen LogP contribution in [-0.2, 0) is 0 Å². The van der Waals surface area contributed by atoms with Crippen molar-refractivity contribution in [3.8, 4) is 0 Å². The van der Waals surface area contributed by atoms with Gasteiger partial charge in [-0.2, -0.15) is 9.37 Å². The maximum Gasteiger partial charge on any atom is 0.251 e. The van der Waals surface area contributed by atoms with Crippen molar-refractivity contribution >= 4 is 27.4 Å². The number of benzene rings is 1. The van der Waals surface area contributed by atoms with Crippen molar-refractivity contribution in [3.05, 3.63) is 51.6 Å². The van der Waals surface area contributed by atoms with Crippen LogP contribution in [0, 0.1) is 30.3 Å². The Morgan fingerprint density at radius 3 is 2.37 bits per heavy atom. The second-order valence-electron chi connectivity index (χ2n) is 3.80. The van der Waals surface area contributed by atoms with Crippen molar-refractivity contribution in [1.82, 2.24) is 4.98 Å². The first-order valence-electron chi connectivity index (χ1n) is 5.12. The third-order valence-electron chi connectivity index (χ3n) is 2.41. The van der Waals surface area contributed by atoms with E-state index in [4.69, 9.17) is 0 Å². The van der Waals surface area contributed by atoms with Crippen molar-refractivity contribution in [1.29, 1.82) is 0 Å². The second-order valence-corrected chi connectivity index (χ2v) is 4.65. The molecule has 7 heteroatoms. The zero-order valence-corrected chi connectivity index (χ0v) is 11.2. The molecule has 0 radical (unpaired) electrons. The van der Waals surface area contributed by atoms with Gasteiger partial charge in [-0.3, -0.25) is 0 Å². The van der Waals surface area contributed by atoms with Gasteiger partial charge in [-0.1, -0.05) is 0 Å². The fourth-order valence-electron chi connectivity index (χ4n) is 1.44. The summed E-state index contributed by atoms with van der Waals surface area (Å²) in [5.41, 5.74) is 0.789. The van der Waals surface area contributed by atoms with Gasteiger partial charge in [0.25, 0.3) is 5.95 Å². The van der Waals surface area contributed by atoms with Crippen molar-refractivity contribution in [2.24, 2.45) is 0 Å². The Hall–Kier alpha value is -1.63. The molecule has 1 heterocycles. The quantitative estimate of drug-likeness (QED) is 0.648. The topological polar surface area (TPSA) is 24.9 Å². The highest BCUT2D eigenvalue weighted by atomic mass is 79.9. The molecule has 0 aliphatic heterocycles. The van der Waals surface area contributed by atoms with Crippen LogP contribution < -0.4 is 5.32 Å². The number of anilines is 2. The van der Waals surface area contributed by atoms with Crippen LogP contribution in [0.15, 0.2) is 22.7 Å². The molecule has 1 aromatic heterocycles. The number of hydrogen-bond donors (Lipinski definition) is 1. The number of nitrogens with one attached hydrogen (secondary N) is 1. The van der Waals surface area contributed by atoms with Gasteiger partial charge in [0.05, 0.1) is 4.47 Å². The maximum absolute atomic E-state index is 13.4. The zero-order valence-electron chi connectivity index (χ0n) is 9.57. The summed E-state index contributed by atoms with van der Waals surface area (Å²) < 4.78 is 52.5. The molecule has 0 aliphatic carbocycles. The zero-order chi connectivity index (χ0) is 14.2. The molecule has 19 heavy (non-hydrogen) atoms. The molecule has 0 unspecified atom stereocenters. The number of nitrogens with zero attached hydrogens (tertiary/aromatic N) is 1. The van der Waals surface area contributed by atoms with Gasteiger partial charge in [0.1, 0.15) is 5.82 Å². The third kappa shape index (κ3) is 2.86. The number of aromatic nitrogens is 1. The van der Waals surface area contributed by atoms with Gasteiger partial charge in [-0.05, 0) is 40.5 Å². The highest BCUT2D eigenvalue weighted by molar-refractivity contribution is 9.10. The molecule has 0 atom stereocenters. The smallest absolute Gasteiger partial charge is 0.251 e. The molecule has 100 valence electrons. The predicted octanol–water partition coefficient (Wildman–Crippen LogP) is 4.45. The van der Waals surface area contributed by atoms with Crippen LogP contribution in [0.2, 0.25) is 0 Å². The van der Waals surface area contributed by atoms with Crippen LogP contribution in [0.4, 0.5) is 29.1 Å². The summed E-state index contributed by atoms with van der Waals surface area (Å²) in [6.07, 6.45) is 0. The van der Waals surface area contributed by atoms with E-state index < -0.39 is 29.2 Å². The average molecular weight is 335 g/mol. The van der Waals surface area contributed by atoms with E-state index in [9.17, 15) is 17.6 Å². The summed E-state index contributed by atoms with van der Waals surface area (Å²) in [5, 5.41) is 2.49. The van der Waals surface area contributed by atoms with Gasteiger partial charge in [-0.25, -0.2) is 13.2 Å². The van der Waals surface area contributed by atoms with Gasteiger partial charge in [0, 0.05) is 11.8 Å². The minimum absolute atomic E-state index is 0.156. The number of pyridine rings is 1. The number of hydrogen-bond acceptors (Lipinski definition) is 2. The summed E-state index contributed by atoms with van der Waals surface area (Å²) in [7, 11) is 0. The third-order valence-corrected chi connectivity index (χ3v) is 3.01. The molecule has 2 aromatic rings. The summed E-state index contributed by atoms with van der Waals surface area (Å²) in [6.45, 7) is 1.58. The van der Waals surface area contributed by atoms with E-state index in [-0.39, 0.29) is 4.47 Å². The van der Waals surface area contributed by atoms with E-state index in [1.807, 2.05) is 0 Å². The summed E-state index contributed by atoms with van der Waals surface area (Å²) in [6, 6.07) is 2.95. The van der Waals surface area contributed by atoms with Crippen LogP contribution in [0.1, 0.15) is 5.56 Å². The maximum atomic E-state index is 13.4. The van der Waals surface area contributed by atoms with Crippen LogP contribution in [0.3, 0.4) is 0 Å². The van der Waals surface area contributed by atoms with E-state index in [1.165, 1.54) is 12.1 Å². The van der Waals surface area contributed by atoms with Crippen molar-refractivity contribution in [2.45, 2.75) is 6.92 Å². The van der Waals surface area contributed by atoms with E-state index in [0.29, 0.717) is 17.3 Å². The lowest BCUT2D eigenvalue weighted by molar-refractivity contribution is 0.467. The Morgan fingerprint density at radius 1 is 1.00 bits per heavy atom. The number of rotatable bonds is 2. The SMILES string of the molecule is Cc1cc(F)c(Br)cc1Nc1nc(F)c(F)cc1F. The molecule has 2 rings (SSSR count). The molecule has 0 spiro atoms. The Kier molecular flexibility index (Phi) is 3.75. The van der Waals surface area contributed by atoms with E-state index in [1.54, 1.807) is 6.92 Å². The molecule has 0 saturated heterocycles. The predicted molar refractivity (Wildman–Crippen MR) is 66.2 cm³/mol. The highest BCUT2D eigenvalue weighted by Gasteiger charge is 2.13. The Labute approximate surface area is 114 Å². The van der Waals surface area contributed by atoms with Crippen LogP contribution in [0.5, 0.6) is 0 Å². The molecule has 0 aliphatic rings. The fourth-order valence-corrected chi connectivity index (χ4v) is 1.78. The van der Waals surface area contributed by atoms with Crippen molar-refractivity contribution in [2.75, 3.05) is 5.32 Å². The number of aryl methyl sites for hydroxylation is 1. The molecule has 1 N–H and O–H groups in total. The lowest BCUT2D eigenvalue weighted by Crippen LogP contribution is -2.03. The van der Waals surface area contributed by atoms with Gasteiger partial charge < -0.3 is 5.32 Å². The Balaban J connectivity index is 2.42. The summed E-state index contributed by atoms with van der Waals surface area (Å²) in [5.74, 6) is -4.79. The molecule has 2 nitrogen and oxygen atoms in total. The molecule has 0 saturated carbocycles. The van der Waals surface area contributed by atoms with Crippen molar-refractivity contribution in [3.63, 3.8) is 0 Å². The first kappa shape index (κ1) is 13.8. The highest BCUT2D eigenvalue weighted by Crippen LogP contribution is 2.27. The summed E-state index contributed by atoms with van der Waals surface area (Å²) >= 11 is 2.97. The largest absolute Gasteiger partial charge is 0.337 e. The van der Waals surface area contributed by atoms with Crippen LogP contribution in [-0.4, -0.2) is 4.98 Å². The Morgan fingerprint density at radius 2 is 1.68 bits per heavy atom. The fraction of sp³-hybridized carbons (Fsp3) is 0.0833. The lowest BCUT2D eigenvalue weighted by atomic mass is 10.2. The van der Waals surface area contributed by atoms with Crippen molar-refractivity contribution < 1.29 is 17.6 Å². The normalized spacial score (nSPS) is 10.6. The molecular formula is C12H7BrF4N2. The van der Waals surface area contributed by atoms with E-state index >= 15 is 0 Å². The first-order valence-corrected chi connectivity index (χ1v) is 5.92. The minimum atomic E-state index is -1.41. The minimum Gasteiger partial charge on any atom is -0.337 e. The van der Waals surface area contributed by atoms with Gasteiger partial charge in [0.15, 0.2) is 17.5 Å². The number of halogens is 5. The van der Waals surface area contributed by atoms with Crippen LogP contribution >= 0.6 is 15.9 Å². The molecule has 0 bridgehead atoms. The average Bonchev–Trinajstić information content (AvgIpc) is 2.32. The van der Waals surface area contributed by atoms with E-state index in [0.717, 1.165) is 0 Å². The summed E-state index contributed by atoms with van der Waals surface area (Å²) in [4.78, 5) is 3.12. The molecule has 0 amide bonds. The van der Waals surface area contributed by atoms with Gasteiger partial charge in [-0.15, -0.1) is 0 Å². The van der Waals surface area contributed by atoms with E-state index in [2.05, 4.69) is 26.2 Å². The lowest BCUT2D eigenvalue weighted by Gasteiger charge is -2.10. The van der Waals surface area contributed by atoms with Gasteiger partial charge >= 0.3 is 0 Å².